The van der Waals surface area contributed by atoms with Gasteiger partial charge < -0.3 is 11.1 Å². The Morgan fingerprint density at radius 3 is 2.43 bits per heavy atom. The van der Waals surface area contributed by atoms with E-state index in [9.17, 15) is 4.79 Å². The number of benzene rings is 1. The SMILES string of the molecule is Cc1cc(NC(=O)C(C)(C)C(C)(C)N)c2ccccc2n1. The second-order valence-corrected chi connectivity index (χ2v) is 6.63. The number of anilines is 1. The minimum Gasteiger partial charge on any atom is -0.325 e. The second kappa shape index (κ2) is 5.11. The number of carbonyl (C=O) groups is 1. The van der Waals surface area contributed by atoms with E-state index < -0.39 is 11.0 Å². The number of nitrogens with one attached hydrogen (secondary N) is 1. The standard InChI is InChI=1S/C17H23N3O/c1-11-10-14(12-8-6-7-9-13(12)19-11)20-15(21)16(2,3)17(4,5)18/h6-10H,18H2,1-5H3,(H,19,20,21). The molecule has 0 unspecified atom stereocenters. The topological polar surface area (TPSA) is 68.0 Å². The van der Waals surface area contributed by atoms with Gasteiger partial charge >= 0.3 is 0 Å². The smallest absolute Gasteiger partial charge is 0.231 e. The molecule has 1 aromatic carbocycles. The number of nitrogens with two attached hydrogens (primary N) is 1. The monoisotopic (exact) mass is 285 g/mol. The van der Waals surface area contributed by atoms with Crippen molar-refractivity contribution < 1.29 is 4.79 Å². The number of hydrogen-bond donors (Lipinski definition) is 2. The van der Waals surface area contributed by atoms with Crippen molar-refractivity contribution in [1.82, 2.24) is 4.98 Å². The van der Waals surface area contributed by atoms with Crippen molar-refractivity contribution in [3.63, 3.8) is 0 Å². The molecule has 1 heterocycles. The lowest BCUT2D eigenvalue weighted by Crippen LogP contribution is -2.53. The Labute approximate surface area is 125 Å². The van der Waals surface area contributed by atoms with Crippen LogP contribution < -0.4 is 11.1 Å². The van der Waals surface area contributed by atoms with E-state index in [1.165, 1.54) is 0 Å². The number of pyridine rings is 1. The van der Waals surface area contributed by atoms with Crippen molar-refractivity contribution in [1.29, 1.82) is 0 Å². The van der Waals surface area contributed by atoms with Gasteiger partial charge in [-0.1, -0.05) is 18.2 Å². The summed E-state index contributed by atoms with van der Waals surface area (Å²) >= 11 is 0. The predicted octanol–water partition coefficient (Wildman–Crippen LogP) is 3.25. The lowest BCUT2D eigenvalue weighted by atomic mass is 9.74. The molecule has 1 aromatic heterocycles. The summed E-state index contributed by atoms with van der Waals surface area (Å²) < 4.78 is 0. The minimum absolute atomic E-state index is 0.0919. The largest absolute Gasteiger partial charge is 0.325 e. The van der Waals surface area contributed by atoms with Crippen molar-refractivity contribution in [3.05, 3.63) is 36.0 Å². The van der Waals surface area contributed by atoms with Crippen LogP contribution in [0.4, 0.5) is 5.69 Å². The van der Waals surface area contributed by atoms with E-state index in [1.807, 2.05) is 65.0 Å². The van der Waals surface area contributed by atoms with Gasteiger partial charge in [-0.15, -0.1) is 0 Å². The molecule has 0 fully saturated rings. The molecule has 112 valence electrons. The first kappa shape index (κ1) is 15.4. The fourth-order valence-electron chi connectivity index (χ4n) is 1.98. The number of hydrogen-bond acceptors (Lipinski definition) is 3. The van der Waals surface area contributed by atoms with Crippen molar-refractivity contribution in [2.45, 2.75) is 40.2 Å². The number of rotatable bonds is 3. The first-order valence-electron chi connectivity index (χ1n) is 7.09. The maximum atomic E-state index is 12.6. The third-order valence-electron chi connectivity index (χ3n) is 4.27. The molecule has 0 radical (unpaired) electrons. The van der Waals surface area contributed by atoms with Crippen molar-refractivity contribution in [3.8, 4) is 0 Å². The van der Waals surface area contributed by atoms with Crippen LogP contribution in [0.25, 0.3) is 10.9 Å². The summed E-state index contributed by atoms with van der Waals surface area (Å²) in [4.78, 5) is 17.1. The molecule has 0 aliphatic heterocycles. The van der Waals surface area contributed by atoms with Gasteiger partial charge in [0, 0.05) is 16.6 Å². The van der Waals surface area contributed by atoms with E-state index in [1.54, 1.807) is 0 Å². The van der Waals surface area contributed by atoms with Gasteiger partial charge in [-0.2, -0.15) is 0 Å². The maximum absolute atomic E-state index is 12.6. The molecule has 0 aliphatic rings. The molecule has 2 rings (SSSR count). The molecule has 4 nitrogen and oxygen atoms in total. The summed E-state index contributed by atoms with van der Waals surface area (Å²) in [5, 5.41) is 3.95. The summed E-state index contributed by atoms with van der Waals surface area (Å²) in [6.07, 6.45) is 0. The zero-order valence-corrected chi connectivity index (χ0v) is 13.3. The Morgan fingerprint density at radius 1 is 1.19 bits per heavy atom. The normalized spacial score (nSPS) is 12.5. The lowest BCUT2D eigenvalue weighted by molar-refractivity contribution is -0.126. The van der Waals surface area contributed by atoms with Crippen LogP contribution in [0.15, 0.2) is 30.3 Å². The van der Waals surface area contributed by atoms with Crippen molar-refractivity contribution in [2.24, 2.45) is 11.1 Å². The summed E-state index contributed by atoms with van der Waals surface area (Å²) in [5.74, 6) is -0.0919. The number of para-hydroxylation sites is 1. The summed E-state index contributed by atoms with van der Waals surface area (Å²) in [7, 11) is 0. The highest BCUT2D eigenvalue weighted by molar-refractivity contribution is 6.03. The first-order valence-corrected chi connectivity index (χ1v) is 7.09. The van der Waals surface area contributed by atoms with Crippen LogP contribution >= 0.6 is 0 Å². The average molecular weight is 285 g/mol. The maximum Gasteiger partial charge on any atom is 0.231 e. The van der Waals surface area contributed by atoms with Crippen LogP contribution in [0.1, 0.15) is 33.4 Å². The average Bonchev–Trinajstić information content (AvgIpc) is 2.37. The molecule has 21 heavy (non-hydrogen) atoms. The van der Waals surface area contributed by atoms with Crippen LogP contribution in [0.5, 0.6) is 0 Å². The number of aromatic nitrogens is 1. The van der Waals surface area contributed by atoms with Gasteiger partial charge in [0.15, 0.2) is 0 Å². The Bertz CT molecular complexity index is 684. The van der Waals surface area contributed by atoms with Gasteiger partial charge in [0.1, 0.15) is 0 Å². The highest BCUT2D eigenvalue weighted by Gasteiger charge is 2.40. The van der Waals surface area contributed by atoms with Crippen LogP contribution in [0, 0.1) is 12.3 Å². The van der Waals surface area contributed by atoms with E-state index in [4.69, 9.17) is 5.73 Å². The molecule has 0 aliphatic carbocycles. The van der Waals surface area contributed by atoms with Crippen LogP contribution in [0.2, 0.25) is 0 Å². The molecule has 3 N–H and O–H groups in total. The third kappa shape index (κ3) is 2.90. The number of carbonyl (C=O) groups excluding carboxylic acids is 1. The second-order valence-electron chi connectivity index (χ2n) is 6.63. The Hall–Kier alpha value is -1.94. The molecule has 2 aromatic rings. The molecular formula is C17H23N3O. The fourth-order valence-corrected chi connectivity index (χ4v) is 1.98. The molecule has 0 spiro atoms. The minimum atomic E-state index is -0.689. The summed E-state index contributed by atoms with van der Waals surface area (Å²) in [5.41, 5.74) is 7.35. The van der Waals surface area contributed by atoms with Crippen molar-refractivity contribution >= 4 is 22.5 Å². The number of amides is 1. The summed E-state index contributed by atoms with van der Waals surface area (Å²) in [6.45, 7) is 9.36. The molecule has 0 atom stereocenters. The highest BCUT2D eigenvalue weighted by atomic mass is 16.2. The number of aryl methyl sites for hydroxylation is 1. The highest BCUT2D eigenvalue weighted by Crippen LogP contribution is 2.31. The fraction of sp³-hybridized carbons (Fsp3) is 0.412. The number of nitrogens with zero attached hydrogens (tertiary/aromatic N) is 1. The number of fused-ring (bicyclic) bond motifs is 1. The summed E-state index contributed by atoms with van der Waals surface area (Å²) in [6, 6.07) is 9.66. The van der Waals surface area contributed by atoms with Crippen molar-refractivity contribution in [2.75, 3.05) is 5.32 Å². The molecule has 0 bridgehead atoms. The first-order chi connectivity index (χ1) is 9.63. The molecule has 0 saturated carbocycles. The quantitative estimate of drug-likeness (QED) is 0.909. The Kier molecular flexibility index (Phi) is 3.76. The molecule has 0 saturated heterocycles. The zero-order chi connectivity index (χ0) is 15.8. The van der Waals surface area contributed by atoms with Gasteiger partial charge in [-0.3, -0.25) is 9.78 Å². The van der Waals surface area contributed by atoms with E-state index in [-0.39, 0.29) is 5.91 Å². The van der Waals surface area contributed by atoms with E-state index >= 15 is 0 Å². The zero-order valence-electron chi connectivity index (χ0n) is 13.3. The van der Waals surface area contributed by atoms with Gasteiger partial charge in [-0.25, -0.2) is 0 Å². The Balaban J connectivity index is 2.43. The molecule has 4 heteroatoms. The van der Waals surface area contributed by atoms with E-state index in [0.717, 1.165) is 22.3 Å². The third-order valence-corrected chi connectivity index (χ3v) is 4.27. The van der Waals surface area contributed by atoms with E-state index in [2.05, 4.69) is 10.3 Å². The van der Waals surface area contributed by atoms with Crippen LogP contribution in [0.3, 0.4) is 0 Å². The molecule has 1 amide bonds. The molecular weight excluding hydrogens is 262 g/mol. The lowest BCUT2D eigenvalue weighted by Gasteiger charge is -2.37. The van der Waals surface area contributed by atoms with Crippen LogP contribution in [-0.2, 0) is 4.79 Å². The van der Waals surface area contributed by atoms with Gasteiger partial charge in [0.05, 0.1) is 16.6 Å². The predicted molar refractivity (Wildman–Crippen MR) is 87.2 cm³/mol. The van der Waals surface area contributed by atoms with E-state index in [0.29, 0.717) is 0 Å². The van der Waals surface area contributed by atoms with Crippen LogP contribution in [-0.4, -0.2) is 16.4 Å². The van der Waals surface area contributed by atoms with Gasteiger partial charge in [0.25, 0.3) is 0 Å². The van der Waals surface area contributed by atoms with Gasteiger partial charge in [0.2, 0.25) is 5.91 Å². The Morgan fingerprint density at radius 2 is 1.81 bits per heavy atom. The van der Waals surface area contributed by atoms with Gasteiger partial charge in [-0.05, 0) is 46.8 Å².